The summed E-state index contributed by atoms with van der Waals surface area (Å²) in [4.78, 5) is 37.1. The maximum Gasteiger partial charge on any atom is 0.317 e. The van der Waals surface area contributed by atoms with Crippen LogP contribution in [0, 0.1) is 0 Å². The van der Waals surface area contributed by atoms with Crippen LogP contribution in [-0.4, -0.2) is 23.8 Å². The number of hydrogen-bond donors (Lipinski definition) is 1. The SMILES string of the molecule is CC(=O)c1cccc(NC(=O)[C@@H](C)OC(=O)C2(c3ccc(Cl)cc3)CCCC2)c1. The largest absolute Gasteiger partial charge is 0.452 e. The Kier molecular flexibility index (Phi) is 6.38. The van der Waals surface area contributed by atoms with Crippen molar-refractivity contribution in [3.63, 3.8) is 0 Å². The van der Waals surface area contributed by atoms with Gasteiger partial charge in [0.1, 0.15) is 0 Å². The minimum atomic E-state index is -0.965. The number of rotatable bonds is 6. The third-order valence-electron chi connectivity index (χ3n) is 5.43. The molecule has 0 unspecified atom stereocenters. The first-order valence-electron chi connectivity index (χ1n) is 9.71. The first-order valence-corrected chi connectivity index (χ1v) is 10.1. The average molecular weight is 414 g/mol. The molecule has 6 heteroatoms. The molecular weight excluding hydrogens is 390 g/mol. The van der Waals surface area contributed by atoms with Gasteiger partial charge < -0.3 is 10.1 Å². The molecule has 2 aromatic rings. The number of carbonyl (C=O) groups excluding carboxylic acids is 3. The second kappa shape index (κ2) is 8.78. The van der Waals surface area contributed by atoms with Crippen molar-refractivity contribution in [2.24, 2.45) is 0 Å². The maximum atomic E-state index is 13.1. The molecule has 0 saturated heterocycles. The van der Waals surface area contributed by atoms with E-state index in [9.17, 15) is 14.4 Å². The zero-order valence-electron chi connectivity index (χ0n) is 16.5. The van der Waals surface area contributed by atoms with Crippen molar-refractivity contribution in [3.8, 4) is 0 Å². The molecule has 1 N–H and O–H groups in total. The van der Waals surface area contributed by atoms with Crippen LogP contribution in [0.25, 0.3) is 0 Å². The van der Waals surface area contributed by atoms with Gasteiger partial charge in [0.2, 0.25) is 0 Å². The van der Waals surface area contributed by atoms with E-state index in [4.69, 9.17) is 16.3 Å². The molecule has 0 bridgehead atoms. The highest BCUT2D eigenvalue weighted by molar-refractivity contribution is 6.30. The molecule has 1 aliphatic carbocycles. The van der Waals surface area contributed by atoms with E-state index in [2.05, 4.69) is 5.32 Å². The Morgan fingerprint density at radius 2 is 1.72 bits per heavy atom. The van der Waals surface area contributed by atoms with Crippen LogP contribution in [0.5, 0.6) is 0 Å². The quantitative estimate of drug-likeness (QED) is 0.538. The van der Waals surface area contributed by atoms with E-state index in [0.717, 1.165) is 18.4 Å². The number of hydrogen-bond acceptors (Lipinski definition) is 4. The molecule has 152 valence electrons. The van der Waals surface area contributed by atoms with E-state index in [-0.39, 0.29) is 5.78 Å². The van der Waals surface area contributed by atoms with Crippen molar-refractivity contribution in [1.82, 2.24) is 0 Å². The third-order valence-corrected chi connectivity index (χ3v) is 5.69. The number of halogens is 1. The fourth-order valence-corrected chi connectivity index (χ4v) is 3.87. The van der Waals surface area contributed by atoms with Gasteiger partial charge >= 0.3 is 5.97 Å². The molecule has 0 aliphatic heterocycles. The lowest BCUT2D eigenvalue weighted by Gasteiger charge is -2.28. The van der Waals surface area contributed by atoms with Gasteiger partial charge in [0.15, 0.2) is 11.9 Å². The number of anilines is 1. The summed E-state index contributed by atoms with van der Waals surface area (Å²) in [5.74, 6) is -0.924. The maximum absolute atomic E-state index is 13.1. The Balaban J connectivity index is 1.71. The molecule has 5 nitrogen and oxygen atoms in total. The molecule has 29 heavy (non-hydrogen) atoms. The van der Waals surface area contributed by atoms with Gasteiger partial charge in [-0.1, -0.05) is 48.7 Å². The summed E-state index contributed by atoms with van der Waals surface area (Å²) in [6, 6.07) is 13.9. The molecule has 1 saturated carbocycles. The van der Waals surface area contributed by atoms with Gasteiger partial charge in [-0.25, -0.2) is 0 Å². The molecule has 0 spiro atoms. The number of esters is 1. The van der Waals surface area contributed by atoms with E-state index in [1.165, 1.54) is 6.92 Å². The summed E-state index contributed by atoms with van der Waals surface area (Å²) in [6.45, 7) is 3.01. The van der Waals surface area contributed by atoms with E-state index >= 15 is 0 Å². The van der Waals surface area contributed by atoms with Crippen LogP contribution >= 0.6 is 11.6 Å². The van der Waals surface area contributed by atoms with Crippen LogP contribution in [0.1, 0.15) is 55.5 Å². The van der Waals surface area contributed by atoms with E-state index < -0.39 is 23.4 Å². The molecule has 1 amide bonds. The Hall–Kier alpha value is -2.66. The third kappa shape index (κ3) is 4.67. The number of ketones is 1. The second-order valence-corrected chi connectivity index (χ2v) is 7.91. The van der Waals surface area contributed by atoms with Gasteiger partial charge in [-0.2, -0.15) is 0 Å². The molecular formula is C23H24ClNO4. The minimum absolute atomic E-state index is 0.0910. The summed E-state index contributed by atoms with van der Waals surface area (Å²) in [7, 11) is 0. The van der Waals surface area contributed by atoms with E-state index in [0.29, 0.717) is 29.1 Å². The molecule has 2 aromatic carbocycles. The number of nitrogens with one attached hydrogen (secondary N) is 1. The van der Waals surface area contributed by atoms with Crippen LogP contribution in [0.4, 0.5) is 5.69 Å². The first-order chi connectivity index (χ1) is 13.8. The molecule has 0 aromatic heterocycles. The monoisotopic (exact) mass is 413 g/mol. The number of carbonyl (C=O) groups is 3. The fourth-order valence-electron chi connectivity index (χ4n) is 3.74. The van der Waals surface area contributed by atoms with Crippen molar-refractivity contribution >= 4 is 34.9 Å². The summed E-state index contributed by atoms with van der Waals surface area (Å²) in [5.41, 5.74) is 1.11. The predicted octanol–water partition coefficient (Wildman–Crippen LogP) is 4.92. The zero-order valence-corrected chi connectivity index (χ0v) is 17.3. The lowest BCUT2D eigenvalue weighted by molar-refractivity contribution is -0.159. The Morgan fingerprint density at radius 3 is 2.34 bits per heavy atom. The molecule has 1 fully saturated rings. The van der Waals surface area contributed by atoms with Gasteiger partial charge in [-0.3, -0.25) is 14.4 Å². The van der Waals surface area contributed by atoms with Gasteiger partial charge in [-0.15, -0.1) is 0 Å². The van der Waals surface area contributed by atoms with Crippen molar-refractivity contribution in [2.45, 2.75) is 51.0 Å². The highest BCUT2D eigenvalue weighted by Gasteiger charge is 2.45. The number of Topliss-reactive ketones (excluding diaryl/α,β-unsaturated/α-hetero) is 1. The Morgan fingerprint density at radius 1 is 1.07 bits per heavy atom. The molecule has 1 aliphatic rings. The topological polar surface area (TPSA) is 72.5 Å². The van der Waals surface area contributed by atoms with Crippen LogP contribution in [0.2, 0.25) is 5.02 Å². The molecule has 0 radical (unpaired) electrons. The standard InChI is InChI=1S/C23H24ClNO4/c1-15(26)17-6-5-7-20(14-17)25-21(27)16(2)29-22(28)23(12-3-4-13-23)18-8-10-19(24)11-9-18/h5-11,14,16H,3-4,12-13H2,1-2H3,(H,25,27)/t16-/m1/s1. The average Bonchev–Trinajstić information content (AvgIpc) is 3.20. The summed E-state index contributed by atoms with van der Waals surface area (Å²) >= 11 is 5.99. The van der Waals surface area contributed by atoms with Crippen molar-refractivity contribution in [1.29, 1.82) is 0 Å². The van der Waals surface area contributed by atoms with Gasteiger partial charge in [0, 0.05) is 16.3 Å². The second-order valence-electron chi connectivity index (χ2n) is 7.47. The van der Waals surface area contributed by atoms with Crippen LogP contribution in [0.3, 0.4) is 0 Å². The molecule has 3 rings (SSSR count). The Bertz CT molecular complexity index is 917. The first kappa shape index (κ1) is 21.1. The Labute approximate surface area is 175 Å². The zero-order chi connectivity index (χ0) is 21.0. The number of amides is 1. The van der Waals surface area contributed by atoms with Gasteiger partial charge in [0.25, 0.3) is 5.91 Å². The van der Waals surface area contributed by atoms with Gasteiger partial charge in [-0.05, 0) is 56.5 Å². The smallest absolute Gasteiger partial charge is 0.317 e. The lowest BCUT2D eigenvalue weighted by Crippen LogP contribution is -2.39. The number of ether oxygens (including phenoxy) is 1. The van der Waals surface area contributed by atoms with Crippen LogP contribution < -0.4 is 5.32 Å². The minimum Gasteiger partial charge on any atom is -0.452 e. The van der Waals surface area contributed by atoms with E-state index in [1.54, 1.807) is 43.3 Å². The molecule has 0 heterocycles. The summed E-state index contributed by atoms with van der Waals surface area (Å²) in [5, 5.41) is 3.31. The highest BCUT2D eigenvalue weighted by Crippen LogP contribution is 2.42. The number of benzene rings is 2. The highest BCUT2D eigenvalue weighted by atomic mass is 35.5. The van der Waals surface area contributed by atoms with Gasteiger partial charge in [0.05, 0.1) is 5.41 Å². The van der Waals surface area contributed by atoms with Crippen LogP contribution in [0.15, 0.2) is 48.5 Å². The summed E-state index contributed by atoms with van der Waals surface area (Å²) < 4.78 is 5.58. The molecule has 1 atom stereocenters. The van der Waals surface area contributed by atoms with Crippen molar-refractivity contribution in [2.75, 3.05) is 5.32 Å². The van der Waals surface area contributed by atoms with Crippen LogP contribution in [-0.2, 0) is 19.7 Å². The predicted molar refractivity (Wildman–Crippen MR) is 112 cm³/mol. The normalized spacial score (nSPS) is 16.1. The fraction of sp³-hybridized carbons (Fsp3) is 0.348. The van der Waals surface area contributed by atoms with E-state index in [1.807, 2.05) is 12.1 Å². The summed E-state index contributed by atoms with van der Waals surface area (Å²) in [6.07, 6.45) is 2.25. The van der Waals surface area contributed by atoms with Crippen molar-refractivity contribution in [3.05, 3.63) is 64.7 Å². The lowest BCUT2D eigenvalue weighted by atomic mass is 9.79. The van der Waals surface area contributed by atoms with Crippen molar-refractivity contribution < 1.29 is 19.1 Å².